The molecule has 0 radical (unpaired) electrons. The Morgan fingerprint density at radius 1 is 1.11 bits per heavy atom. The van der Waals surface area contributed by atoms with Gasteiger partial charge in [-0.1, -0.05) is 20.8 Å². The van der Waals surface area contributed by atoms with Crippen molar-refractivity contribution in [2.75, 3.05) is 0 Å². The van der Waals surface area contributed by atoms with Crippen molar-refractivity contribution in [3.8, 4) is 0 Å². The van der Waals surface area contributed by atoms with E-state index in [1.807, 2.05) is 6.92 Å². The molecule has 9 heavy (non-hydrogen) atoms. The quantitative estimate of drug-likeness (QED) is 0.620. The van der Waals surface area contributed by atoms with Gasteiger partial charge < -0.3 is 5.11 Å². The summed E-state index contributed by atoms with van der Waals surface area (Å²) in [5.41, 5.74) is 0. The van der Waals surface area contributed by atoms with Gasteiger partial charge in [-0.05, 0) is 25.2 Å². The lowest BCUT2D eigenvalue weighted by atomic mass is 9.93. The van der Waals surface area contributed by atoms with Crippen LogP contribution < -0.4 is 0 Å². The second kappa shape index (κ2) is 3.89. The lowest BCUT2D eigenvalue weighted by Crippen LogP contribution is -2.11. The van der Waals surface area contributed by atoms with Gasteiger partial charge in [0.05, 0.1) is 6.10 Å². The fourth-order valence-corrected chi connectivity index (χ4v) is 0.810. The van der Waals surface area contributed by atoms with Crippen LogP contribution >= 0.6 is 0 Å². The molecule has 0 fully saturated rings. The molecular weight excluding hydrogens is 112 g/mol. The van der Waals surface area contributed by atoms with E-state index >= 15 is 0 Å². The van der Waals surface area contributed by atoms with Gasteiger partial charge in [-0.25, -0.2) is 0 Å². The van der Waals surface area contributed by atoms with Gasteiger partial charge in [0.1, 0.15) is 0 Å². The molecule has 1 nitrogen and oxygen atoms in total. The molecule has 56 valence electrons. The molecular formula is C8H18O. The van der Waals surface area contributed by atoms with Crippen LogP contribution in [-0.2, 0) is 0 Å². The van der Waals surface area contributed by atoms with E-state index in [-0.39, 0.29) is 6.10 Å². The van der Waals surface area contributed by atoms with Gasteiger partial charge in [0.25, 0.3) is 0 Å². The average molecular weight is 130 g/mol. The molecule has 0 aliphatic heterocycles. The average Bonchev–Trinajstić information content (AvgIpc) is 1.63. The molecule has 0 spiro atoms. The van der Waals surface area contributed by atoms with Gasteiger partial charge in [-0.2, -0.15) is 0 Å². The van der Waals surface area contributed by atoms with Crippen molar-refractivity contribution in [3.63, 3.8) is 0 Å². The minimum absolute atomic E-state index is 0.137. The van der Waals surface area contributed by atoms with Crippen molar-refractivity contribution in [2.24, 2.45) is 11.8 Å². The Morgan fingerprint density at radius 2 is 1.56 bits per heavy atom. The molecule has 0 unspecified atom stereocenters. The first-order valence-corrected chi connectivity index (χ1v) is 3.72. The van der Waals surface area contributed by atoms with Crippen molar-refractivity contribution < 1.29 is 5.11 Å². The van der Waals surface area contributed by atoms with E-state index in [2.05, 4.69) is 20.8 Å². The third kappa shape index (κ3) is 4.46. The van der Waals surface area contributed by atoms with E-state index in [0.717, 1.165) is 6.42 Å². The van der Waals surface area contributed by atoms with E-state index < -0.39 is 0 Å². The second-order valence-corrected chi connectivity index (χ2v) is 3.31. The molecule has 2 atom stereocenters. The van der Waals surface area contributed by atoms with Crippen LogP contribution in [0.2, 0.25) is 0 Å². The maximum atomic E-state index is 8.97. The number of hydrogen-bond acceptors (Lipinski definition) is 1. The summed E-state index contributed by atoms with van der Waals surface area (Å²) in [6.45, 7) is 8.40. The summed E-state index contributed by atoms with van der Waals surface area (Å²) in [7, 11) is 0. The van der Waals surface area contributed by atoms with Gasteiger partial charge in [0.15, 0.2) is 0 Å². The highest BCUT2D eigenvalue weighted by molar-refractivity contribution is 4.59. The summed E-state index contributed by atoms with van der Waals surface area (Å²) in [4.78, 5) is 0. The monoisotopic (exact) mass is 130 g/mol. The standard InChI is InChI=1S/C8H18O/c1-6(2)7(3)5-8(4)9/h6-9H,5H2,1-4H3/t7-,8-/m1/s1. The zero-order chi connectivity index (χ0) is 7.44. The lowest BCUT2D eigenvalue weighted by molar-refractivity contribution is 0.151. The van der Waals surface area contributed by atoms with E-state index in [1.165, 1.54) is 0 Å². The van der Waals surface area contributed by atoms with Crippen LogP contribution in [0.25, 0.3) is 0 Å². The zero-order valence-electron chi connectivity index (χ0n) is 6.89. The van der Waals surface area contributed by atoms with Crippen molar-refractivity contribution in [1.82, 2.24) is 0 Å². The van der Waals surface area contributed by atoms with Crippen molar-refractivity contribution >= 4 is 0 Å². The van der Waals surface area contributed by atoms with Gasteiger partial charge in [-0.3, -0.25) is 0 Å². The zero-order valence-corrected chi connectivity index (χ0v) is 6.89. The normalized spacial score (nSPS) is 18.0. The first-order chi connectivity index (χ1) is 4.04. The van der Waals surface area contributed by atoms with Gasteiger partial charge >= 0.3 is 0 Å². The van der Waals surface area contributed by atoms with Crippen LogP contribution in [0, 0.1) is 11.8 Å². The molecule has 0 saturated carbocycles. The predicted molar refractivity (Wildman–Crippen MR) is 40.3 cm³/mol. The smallest absolute Gasteiger partial charge is 0.0514 e. The highest BCUT2D eigenvalue weighted by Gasteiger charge is 2.08. The fraction of sp³-hybridized carbons (Fsp3) is 1.00. The Morgan fingerprint density at radius 3 is 1.67 bits per heavy atom. The van der Waals surface area contributed by atoms with Crippen molar-refractivity contribution in [3.05, 3.63) is 0 Å². The minimum Gasteiger partial charge on any atom is -0.393 e. The van der Waals surface area contributed by atoms with E-state index in [0.29, 0.717) is 11.8 Å². The molecule has 0 bridgehead atoms. The fourth-order valence-electron chi connectivity index (χ4n) is 0.810. The molecule has 0 rings (SSSR count). The third-order valence-corrected chi connectivity index (χ3v) is 1.85. The Bertz CT molecular complexity index is 67.0. The summed E-state index contributed by atoms with van der Waals surface area (Å²) in [6, 6.07) is 0. The van der Waals surface area contributed by atoms with E-state index in [9.17, 15) is 0 Å². The molecule has 0 saturated heterocycles. The molecule has 0 amide bonds. The van der Waals surface area contributed by atoms with Crippen LogP contribution in [0.15, 0.2) is 0 Å². The molecule has 0 aromatic carbocycles. The number of aliphatic hydroxyl groups is 1. The summed E-state index contributed by atoms with van der Waals surface area (Å²) in [5.74, 6) is 1.34. The largest absolute Gasteiger partial charge is 0.393 e. The highest BCUT2D eigenvalue weighted by Crippen LogP contribution is 2.15. The maximum Gasteiger partial charge on any atom is 0.0514 e. The Labute approximate surface area is 58.1 Å². The number of rotatable bonds is 3. The number of aliphatic hydroxyl groups excluding tert-OH is 1. The molecule has 0 aromatic rings. The second-order valence-electron chi connectivity index (χ2n) is 3.31. The summed E-state index contributed by atoms with van der Waals surface area (Å²) in [6.07, 6.45) is 0.792. The molecule has 0 aliphatic carbocycles. The molecule has 1 heteroatoms. The third-order valence-electron chi connectivity index (χ3n) is 1.85. The Kier molecular flexibility index (Phi) is 3.87. The van der Waals surface area contributed by atoms with E-state index in [4.69, 9.17) is 5.11 Å². The topological polar surface area (TPSA) is 20.2 Å². The van der Waals surface area contributed by atoms with Gasteiger partial charge in [0, 0.05) is 0 Å². The minimum atomic E-state index is -0.137. The van der Waals surface area contributed by atoms with Crippen LogP contribution in [0.3, 0.4) is 0 Å². The van der Waals surface area contributed by atoms with Gasteiger partial charge in [-0.15, -0.1) is 0 Å². The summed E-state index contributed by atoms with van der Waals surface area (Å²) in [5, 5.41) is 8.97. The summed E-state index contributed by atoms with van der Waals surface area (Å²) < 4.78 is 0. The van der Waals surface area contributed by atoms with Crippen LogP contribution in [0.4, 0.5) is 0 Å². The molecule has 1 N–H and O–H groups in total. The van der Waals surface area contributed by atoms with E-state index in [1.54, 1.807) is 0 Å². The maximum absolute atomic E-state index is 8.97. The Balaban J connectivity index is 3.38. The summed E-state index contributed by atoms with van der Waals surface area (Å²) >= 11 is 0. The first kappa shape index (κ1) is 8.96. The predicted octanol–water partition coefficient (Wildman–Crippen LogP) is 2.05. The molecule has 0 heterocycles. The van der Waals surface area contributed by atoms with Crippen LogP contribution in [0.1, 0.15) is 34.1 Å². The highest BCUT2D eigenvalue weighted by atomic mass is 16.3. The van der Waals surface area contributed by atoms with Gasteiger partial charge in [0.2, 0.25) is 0 Å². The first-order valence-electron chi connectivity index (χ1n) is 3.72. The molecule has 0 aliphatic rings. The molecule has 0 aromatic heterocycles. The Hall–Kier alpha value is -0.0400. The van der Waals surface area contributed by atoms with Crippen molar-refractivity contribution in [1.29, 1.82) is 0 Å². The lowest BCUT2D eigenvalue weighted by Gasteiger charge is -2.16. The van der Waals surface area contributed by atoms with Crippen LogP contribution in [0.5, 0.6) is 0 Å². The van der Waals surface area contributed by atoms with Crippen molar-refractivity contribution in [2.45, 2.75) is 40.2 Å². The SMILES string of the molecule is CC(C)[C@H](C)C[C@@H](C)O. The van der Waals surface area contributed by atoms with Crippen LogP contribution in [-0.4, -0.2) is 11.2 Å². The number of hydrogen-bond donors (Lipinski definition) is 1.